The minimum Gasteiger partial charge on any atom is -0.313 e. The molecule has 3 nitrogen and oxygen atoms in total. The number of nitrogens with one attached hydrogen (secondary N) is 1. The van der Waals surface area contributed by atoms with Crippen molar-refractivity contribution in [3.63, 3.8) is 0 Å². The highest BCUT2D eigenvalue weighted by atomic mass is 15.3. The third kappa shape index (κ3) is 3.25. The van der Waals surface area contributed by atoms with Gasteiger partial charge in [0, 0.05) is 24.7 Å². The van der Waals surface area contributed by atoms with Gasteiger partial charge in [-0.2, -0.15) is 0 Å². The summed E-state index contributed by atoms with van der Waals surface area (Å²) in [5, 5.41) is 3.65. The molecule has 3 heteroatoms. The van der Waals surface area contributed by atoms with Gasteiger partial charge in [-0.05, 0) is 58.8 Å². The number of fused-ring (bicyclic) bond motifs is 1. The van der Waals surface area contributed by atoms with Crippen LogP contribution in [0, 0.1) is 0 Å². The first-order valence-corrected chi connectivity index (χ1v) is 7.97. The van der Waals surface area contributed by atoms with Crippen LogP contribution in [0.15, 0.2) is 0 Å². The van der Waals surface area contributed by atoms with Crippen LogP contribution in [0.5, 0.6) is 0 Å². The second-order valence-corrected chi connectivity index (χ2v) is 5.99. The standard InChI is InChI=1S/C15H31N3/c1-4-15(16-5-2)13(3)18-11-7-10-17-9-6-8-14(17)12-18/h13-16H,4-12H2,1-3H3. The van der Waals surface area contributed by atoms with Crippen LogP contribution in [0.2, 0.25) is 0 Å². The van der Waals surface area contributed by atoms with E-state index in [1.165, 1.54) is 51.9 Å². The third-order valence-corrected chi connectivity index (χ3v) is 4.90. The summed E-state index contributed by atoms with van der Waals surface area (Å²) in [4.78, 5) is 5.47. The SMILES string of the molecule is CCNC(CC)C(C)N1CCCN2CCCC2C1. The van der Waals surface area contributed by atoms with Crippen molar-refractivity contribution in [3.05, 3.63) is 0 Å². The van der Waals surface area contributed by atoms with Gasteiger partial charge in [0.1, 0.15) is 0 Å². The number of hydrogen-bond donors (Lipinski definition) is 1. The lowest BCUT2D eigenvalue weighted by Crippen LogP contribution is -2.50. The Kier molecular flexibility index (Phi) is 5.46. The predicted octanol–water partition coefficient (Wildman–Crippen LogP) is 1.93. The van der Waals surface area contributed by atoms with Gasteiger partial charge in [0.25, 0.3) is 0 Å². The van der Waals surface area contributed by atoms with E-state index in [4.69, 9.17) is 0 Å². The molecule has 0 aromatic carbocycles. The normalized spacial score (nSPS) is 29.8. The van der Waals surface area contributed by atoms with E-state index in [9.17, 15) is 0 Å². The summed E-state index contributed by atoms with van der Waals surface area (Å²) in [6.45, 7) is 13.3. The summed E-state index contributed by atoms with van der Waals surface area (Å²) < 4.78 is 0. The van der Waals surface area contributed by atoms with Crippen LogP contribution in [-0.2, 0) is 0 Å². The van der Waals surface area contributed by atoms with Crippen molar-refractivity contribution in [1.29, 1.82) is 0 Å². The summed E-state index contributed by atoms with van der Waals surface area (Å²) in [5.41, 5.74) is 0. The van der Waals surface area contributed by atoms with Crippen molar-refractivity contribution in [2.24, 2.45) is 0 Å². The van der Waals surface area contributed by atoms with Crippen molar-refractivity contribution < 1.29 is 0 Å². The molecule has 106 valence electrons. The first kappa shape index (κ1) is 14.3. The average molecular weight is 253 g/mol. The van der Waals surface area contributed by atoms with Gasteiger partial charge >= 0.3 is 0 Å². The fourth-order valence-corrected chi connectivity index (χ4v) is 3.78. The Morgan fingerprint density at radius 2 is 1.94 bits per heavy atom. The second-order valence-electron chi connectivity index (χ2n) is 5.99. The topological polar surface area (TPSA) is 18.5 Å². The largest absolute Gasteiger partial charge is 0.313 e. The maximum Gasteiger partial charge on any atom is 0.0223 e. The van der Waals surface area contributed by atoms with Crippen LogP contribution >= 0.6 is 0 Å². The molecule has 3 unspecified atom stereocenters. The molecule has 1 N–H and O–H groups in total. The Bertz CT molecular complexity index is 244. The van der Waals surface area contributed by atoms with E-state index in [0.29, 0.717) is 12.1 Å². The molecule has 0 aliphatic carbocycles. The summed E-state index contributed by atoms with van der Waals surface area (Å²) in [6.07, 6.45) is 5.42. The van der Waals surface area contributed by atoms with Gasteiger partial charge in [0.2, 0.25) is 0 Å². The van der Waals surface area contributed by atoms with E-state index in [0.717, 1.165) is 12.6 Å². The highest BCUT2D eigenvalue weighted by Gasteiger charge is 2.31. The van der Waals surface area contributed by atoms with E-state index >= 15 is 0 Å². The number of nitrogens with zero attached hydrogens (tertiary/aromatic N) is 2. The van der Waals surface area contributed by atoms with Crippen molar-refractivity contribution >= 4 is 0 Å². The smallest absolute Gasteiger partial charge is 0.0223 e. The molecule has 0 saturated carbocycles. The molecule has 3 atom stereocenters. The Morgan fingerprint density at radius 1 is 1.17 bits per heavy atom. The van der Waals surface area contributed by atoms with Crippen LogP contribution in [0.3, 0.4) is 0 Å². The summed E-state index contributed by atoms with van der Waals surface area (Å²) >= 11 is 0. The first-order valence-electron chi connectivity index (χ1n) is 7.97. The molecule has 2 heterocycles. The Balaban J connectivity index is 1.94. The fraction of sp³-hybridized carbons (Fsp3) is 1.00. The van der Waals surface area contributed by atoms with Crippen molar-refractivity contribution in [1.82, 2.24) is 15.1 Å². The highest BCUT2D eigenvalue weighted by Crippen LogP contribution is 2.23. The zero-order valence-corrected chi connectivity index (χ0v) is 12.5. The molecular formula is C15H31N3. The molecule has 2 saturated heterocycles. The summed E-state index contributed by atoms with van der Waals surface area (Å²) in [5.74, 6) is 0. The van der Waals surface area contributed by atoms with Crippen LogP contribution in [0.4, 0.5) is 0 Å². The number of rotatable bonds is 5. The van der Waals surface area contributed by atoms with Crippen molar-refractivity contribution in [2.45, 2.75) is 64.6 Å². The number of hydrogen-bond acceptors (Lipinski definition) is 3. The molecular weight excluding hydrogens is 222 g/mol. The van der Waals surface area contributed by atoms with Crippen LogP contribution < -0.4 is 5.32 Å². The van der Waals surface area contributed by atoms with Gasteiger partial charge in [-0.1, -0.05) is 13.8 Å². The molecule has 0 spiro atoms. The Morgan fingerprint density at radius 3 is 2.67 bits per heavy atom. The molecule has 2 aliphatic heterocycles. The lowest BCUT2D eigenvalue weighted by atomic mass is 10.0. The fourth-order valence-electron chi connectivity index (χ4n) is 3.78. The molecule has 0 aromatic heterocycles. The van der Waals surface area contributed by atoms with Crippen LogP contribution in [0.25, 0.3) is 0 Å². The van der Waals surface area contributed by atoms with E-state index in [-0.39, 0.29) is 0 Å². The molecule has 0 radical (unpaired) electrons. The lowest BCUT2D eigenvalue weighted by molar-refractivity contribution is 0.150. The van der Waals surface area contributed by atoms with Gasteiger partial charge < -0.3 is 5.32 Å². The summed E-state index contributed by atoms with van der Waals surface area (Å²) in [7, 11) is 0. The van der Waals surface area contributed by atoms with Gasteiger partial charge in [-0.15, -0.1) is 0 Å². The maximum atomic E-state index is 3.65. The monoisotopic (exact) mass is 253 g/mol. The van der Waals surface area contributed by atoms with Crippen LogP contribution in [0.1, 0.15) is 46.5 Å². The van der Waals surface area contributed by atoms with Crippen molar-refractivity contribution in [2.75, 3.05) is 32.7 Å². The minimum absolute atomic E-state index is 0.656. The van der Waals surface area contributed by atoms with Gasteiger partial charge in [-0.3, -0.25) is 9.80 Å². The summed E-state index contributed by atoms with van der Waals surface area (Å²) in [6, 6.07) is 2.17. The average Bonchev–Trinajstić information content (AvgIpc) is 2.72. The molecule has 2 fully saturated rings. The number of likely N-dealkylation sites (N-methyl/N-ethyl adjacent to an activating group) is 1. The minimum atomic E-state index is 0.656. The second kappa shape index (κ2) is 6.88. The molecule has 0 amide bonds. The highest BCUT2D eigenvalue weighted by molar-refractivity contribution is 4.89. The molecule has 0 aromatic rings. The van der Waals surface area contributed by atoms with E-state index in [1.54, 1.807) is 0 Å². The molecule has 2 rings (SSSR count). The third-order valence-electron chi connectivity index (χ3n) is 4.90. The zero-order valence-electron chi connectivity index (χ0n) is 12.5. The van der Waals surface area contributed by atoms with Gasteiger partial charge in [-0.25, -0.2) is 0 Å². The predicted molar refractivity (Wildman–Crippen MR) is 78.0 cm³/mol. The molecule has 0 bridgehead atoms. The van der Waals surface area contributed by atoms with Gasteiger partial charge in [0.05, 0.1) is 0 Å². The maximum absolute atomic E-state index is 3.65. The van der Waals surface area contributed by atoms with Gasteiger partial charge in [0.15, 0.2) is 0 Å². The lowest BCUT2D eigenvalue weighted by Gasteiger charge is -2.35. The quantitative estimate of drug-likeness (QED) is 0.808. The van der Waals surface area contributed by atoms with Crippen molar-refractivity contribution in [3.8, 4) is 0 Å². The van der Waals surface area contributed by atoms with E-state index in [1.807, 2.05) is 0 Å². The molecule has 2 aliphatic rings. The van der Waals surface area contributed by atoms with Crippen LogP contribution in [-0.4, -0.2) is 60.6 Å². The first-order chi connectivity index (χ1) is 8.76. The molecule has 18 heavy (non-hydrogen) atoms. The van der Waals surface area contributed by atoms with E-state index in [2.05, 4.69) is 35.9 Å². The zero-order chi connectivity index (χ0) is 13.0. The Labute approximate surface area is 113 Å². The van der Waals surface area contributed by atoms with E-state index < -0.39 is 0 Å². The Hall–Kier alpha value is -0.120.